The number of benzene rings is 1. The van der Waals surface area contributed by atoms with Crippen LogP contribution in [-0.2, 0) is 51.5 Å². The Morgan fingerprint density at radius 3 is 1.63 bits per heavy atom. The van der Waals surface area contributed by atoms with Crippen molar-refractivity contribution in [3.05, 3.63) is 34.2 Å². The van der Waals surface area contributed by atoms with E-state index >= 15 is 0 Å². The highest BCUT2D eigenvalue weighted by Gasteiger charge is 2.31. The molecule has 1 aromatic heterocycles. The molecule has 41 heavy (non-hydrogen) atoms. The lowest BCUT2D eigenvalue weighted by Gasteiger charge is -2.25. The van der Waals surface area contributed by atoms with E-state index in [1.165, 1.54) is 9.24 Å². The van der Waals surface area contributed by atoms with E-state index < -0.39 is 5.69 Å². The summed E-state index contributed by atoms with van der Waals surface area (Å²) in [5.41, 5.74) is 7.06. The van der Waals surface area contributed by atoms with Gasteiger partial charge in [0.2, 0.25) is 11.8 Å². The Morgan fingerprint density at radius 2 is 1.15 bits per heavy atom. The van der Waals surface area contributed by atoms with Gasteiger partial charge in [-0.2, -0.15) is 9.69 Å². The fraction of sp³-hybridized carbons (Fsp3) is 0.667. The summed E-state index contributed by atoms with van der Waals surface area (Å²) >= 11 is 0. The molecule has 1 aliphatic heterocycles. The van der Waals surface area contributed by atoms with Gasteiger partial charge in [-0.15, -0.1) is 12.4 Å². The number of imidazole rings is 1. The van der Waals surface area contributed by atoms with Gasteiger partial charge in [0, 0.05) is 26.4 Å². The van der Waals surface area contributed by atoms with Crippen LogP contribution in [-0.4, -0.2) is 107 Å². The van der Waals surface area contributed by atoms with E-state index in [1.807, 2.05) is 12.1 Å². The lowest BCUT2D eigenvalue weighted by molar-refractivity contribution is -0.131. The van der Waals surface area contributed by atoms with Crippen molar-refractivity contribution in [3.8, 4) is 0 Å². The number of imide groups is 1. The molecule has 232 valence electrons. The van der Waals surface area contributed by atoms with Crippen LogP contribution in [0.5, 0.6) is 0 Å². The van der Waals surface area contributed by atoms with Gasteiger partial charge in [0.1, 0.15) is 0 Å². The zero-order valence-electron chi connectivity index (χ0n) is 23.8. The van der Waals surface area contributed by atoms with Crippen molar-refractivity contribution in [1.82, 2.24) is 9.24 Å². The van der Waals surface area contributed by atoms with Crippen molar-refractivity contribution in [1.29, 1.82) is 0 Å². The van der Waals surface area contributed by atoms with Crippen molar-refractivity contribution in [3.63, 3.8) is 0 Å². The Balaban J connectivity index is 0.00000588. The first-order chi connectivity index (χ1) is 19.5. The topological polar surface area (TPSA) is 146 Å². The van der Waals surface area contributed by atoms with Crippen molar-refractivity contribution in [2.45, 2.75) is 25.7 Å². The van der Waals surface area contributed by atoms with E-state index in [9.17, 15) is 14.4 Å². The third kappa shape index (κ3) is 11.1. The number of aryl methyl sites for hydroxylation is 1. The summed E-state index contributed by atoms with van der Waals surface area (Å²) in [6, 6.07) is 5.54. The fourth-order valence-electron chi connectivity index (χ4n) is 4.15. The van der Waals surface area contributed by atoms with E-state index in [-0.39, 0.29) is 37.1 Å². The molecule has 0 aliphatic carbocycles. The minimum atomic E-state index is -0.425. The van der Waals surface area contributed by atoms with Crippen LogP contribution < -0.4 is 16.4 Å². The van der Waals surface area contributed by atoms with Crippen LogP contribution in [0.1, 0.15) is 24.8 Å². The minimum Gasteiger partial charge on any atom is -0.379 e. The van der Waals surface area contributed by atoms with Gasteiger partial charge in [-0.1, -0.05) is 6.07 Å². The standard InChI is InChI=1S/C27H42N4O9.ClH/c1-29-24-21-22(5-6-23(24)30(27(29)34)31-25(32)3-2-4-26(31)33)7-9-35-11-13-37-15-17-39-19-20-40-18-16-38-14-12-36-10-8-28;/h5-6,21H,2-4,7-20,28H2,1H3;1H. The molecular weight excluding hydrogens is 560 g/mol. The van der Waals surface area contributed by atoms with Crippen molar-refractivity contribution in [2.75, 3.05) is 90.8 Å². The lowest BCUT2D eigenvalue weighted by Crippen LogP contribution is -2.52. The minimum absolute atomic E-state index is 0. The number of hydrogen-bond donors (Lipinski definition) is 1. The first kappa shape index (κ1) is 34.8. The van der Waals surface area contributed by atoms with E-state index in [2.05, 4.69) is 0 Å². The van der Waals surface area contributed by atoms with Gasteiger partial charge < -0.3 is 34.2 Å². The van der Waals surface area contributed by atoms with Gasteiger partial charge in [0.15, 0.2) is 0 Å². The molecule has 0 bridgehead atoms. The molecular formula is C27H43ClN4O9. The molecule has 13 nitrogen and oxygen atoms in total. The highest BCUT2D eigenvalue weighted by atomic mass is 35.5. The van der Waals surface area contributed by atoms with Crippen molar-refractivity contribution in [2.24, 2.45) is 12.8 Å². The number of piperidine rings is 1. The van der Waals surface area contributed by atoms with Crippen LogP contribution in [0.15, 0.2) is 23.0 Å². The van der Waals surface area contributed by atoms with Gasteiger partial charge in [0.05, 0.1) is 90.3 Å². The molecule has 0 saturated carbocycles. The van der Waals surface area contributed by atoms with Gasteiger partial charge in [-0.25, -0.2) is 4.79 Å². The van der Waals surface area contributed by atoms with Gasteiger partial charge in [-0.3, -0.25) is 14.2 Å². The maximum absolute atomic E-state index is 12.8. The number of carbonyl (C=O) groups is 2. The highest BCUT2D eigenvalue weighted by Crippen LogP contribution is 2.19. The number of fused-ring (bicyclic) bond motifs is 1. The Morgan fingerprint density at radius 1 is 0.683 bits per heavy atom. The predicted molar refractivity (Wildman–Crippen MR) is 154 cm³/mol. The Kier molecular flexibility index (Phi) is 16.7. The molecule has 1 fully saturated rings. The average molecular weight is 603 g/mol. The van der Waals surface area contributed by atoms with E-state index in [4.69, 9.17) is 34.2 Å². The molecule has 0 atom stereocenters. The molecule has 1 aliphatic rings. The summed E-state index contributed by atoms with van der Waals surface area (Å²) in [6.45, 7) is 6.48. The average Bonchev–Trinajstić information content (AvgIpc) is 3.19. The van der Waals surface area contributed by atoms with Crippen molar-refractivity contribution < 1.29 is 38.0 Å². The monoisotopic (exact) mass is 602 g/mol. The number of nitrogens with zero attached hydrogens (tertiary/aromatic N) is 3. The SMILES string of the molecule is Cl.Cn1c(=O)n(N2C(=O)CCCC2=O)c2ccc(CCOCCOCCOCCOCCOCCOCCN)cc21. The lowest BCUT2D eigenvalue weighted by atomic mass is 10.1. The van der Waals surface area contributed by atoms with Crippen LogP contribution in [0.3, 0.4) is 0 Å². The third-order valence-electron chi connectivity index (χ3n) is 6.21. The maximum Gasteiger partial charge on any atom is 0.348 e. The van der Waals surface area contributed by atoms with Crippen molar-refractivity contribution >= 4 is 35.3 Å². The summed E-state index contributed by atoms with van der Waals surface area (Å²) in [6.07, 6.45) is 1.66. The van der Waals surface area contributed by atoms with E-state index in [0.717, 1.165) is 10.6 Å². The second-order valence-corrected chi connectivity index (χ2v) is 9.14. The van der Waals surface area contributed by atoms with Crippen LogP contribution in [0.2, 0.25) is 0 Å². The van der Waals surface area contributed by atoms with Crippen LogP contribution in [0.4, 0.5) is 0 Å². The molecule has 2 heterocycles. The first-order valence-electron chi connectivity index (χ1n) is 13.8. The number of rotatable bonds is 21. The molecule has 0 radical (unpaired) electrons. The number of amides is 2. The smallest absolute Gasteiger partial charge is 0.348 e. The molecule has 2 aromatic rings. The molecule has 14 heteroatoms. The Labute approximate surface area is 246 Å². The number of hydrogen-bond acceptors (Lipinski definition) is 10. The fourth-order valence-corrected chi connectivity index (χ4v) is 4.15. The number of carbonyl (C=O) groups excluding carboxylic acids is 2. The molecule has 1 saturated heterocycles. The molecule has 2 amide bonds. The summed E-state index contributed by atoms with van der Waals surface area (Å²) in [7, 11) is 1.63. The zero-order valence-corrected chi connectivity index (χ0v) is 24.6. The first-order valence-corrected chi connectivity index (χ1v) is 13.8. The van der Waals surface area contributed by atoms with Gasteiger partial charge in [0.25, 0.3) is 0 Å². The zero-order chi connectivity index (χ0) is 28.6. The van der Waals surface area contributed by atoms with Gasteiger partial charge >= 0.3 is 5.69 Å². The predicted octanol–water partition coefficient (Wildman–Crippen LogP) is 0.538. The highest BCUT2D eigenvalue weighted by molar-refractivity contribution is 6.10. The number of nitrogens with two attached hydrogens (primary N) is 1. The largest absolute Gasteiger partial charge is 0.379 e. The number of aromatic nitrogens is 2. The molecule has 0 unspecified atom stereocenters. The Bertz CT molecular complexity index is 1110. The van der Waals surface area contributed by atoms with Crippen LogP contribution in [0.25, 0.3) is 11.0 Å². The molecule has 0 spiro atoms. The maximum atomic E-state index is 12.8. The third-order valence-corrected chi connectivity index (χ3v) is 6.21. The summed E-state index contributed by atoms with van der Waals surface area (Å²) in [5.74, 6) is -0.714. The Hall–Kier alpha value is -2.36. The van der Waals surface area contributed by atoms with Gasteiger partial charge in [-0.05, 0) is 30.5 Å². The van der Waals surface area contributed by atoms with Crippen LogP contribution >= 0.6 is 12.4 Å². The van der Waals surface area contributed by atoms with E-state index in [1.54, 1.807) is 13.1 Å². The molecule has 3 rings (SSSR count). The number of halogens is 1. The molecule has 2 N–H and O–H groups in total. The van der Waals surface area contributed by atoms with E-state index in [0.29, 0.717) is 110 Å². The summed E-state index contributed by atoms with van der Waals surface area (Å²) in [5, 5.41) is 0.983. The number of ether oxygens (including phenoxy) is 6. The summed E-state index contributed by atoms with van der Waals surface area (Å²) in [4.78, 5) is 37.6. The second kappa shape index (κ2) is 19.7. The summed E-state index contributed by atoms with van der Waals surface area (Å²) < 4.78 is 35.3. The normalized spacial score (nSPS) is 13.8. The molecule has 1 aromatic carbocycles. The quantitative estimate of drug-likeness (QED) is 0.159. The van der Waals surface area contributed by atoms with Crippen LogP contribution in [0, 0.1) is 0 Å². The second-order valence-electron chi connectivity index (χ2n) is 9.14.